The van der Waals surface area contributed by atoms with E-state index < -0.39 is 0 Å². The minimum Gasteiger partial charge on any atom is -0.455 e. The van der Waals surface area contributed by atoms with Crippen molar-refractivity contribution in [1.29, 1.82) is 0 Å². The van der Waals surface area contributed by atoms with Gasteiger partial charge >= 0.3 is 0 Å². The van der Waals surface area contributed by atoms with Crippen LogP contribution in [0.15, 0.2) is 223 Å². The summed E-state index contributed by atoms with van der Waals surface area (Å²) in [6, 6.07) is 74.9. The van der Waals surface area contributed by atoms with Gasteiger partial charge in [0.25, 0.3) is 0 Å². The van der Waals surface area contributed by atoms with Crippen LogP contribution in [0, 0.1) is 13.8 Å². The number of hydrogen-bond acceptors (Lipinski definition) is 5. The molecule has 0 radical (unpaired) electrons. The number of aromatic nitrogens is 2. The third-order valence-electron chi connectivity index (χ3n) is 14.8. The van der Waals surface area contributed by atoms with E-state index in [4.69, 9.17) is 14.4 Å². The Morgan fingerprint density at radius 1 is 0.387 bits per heavy atom. The van der Waals surface area contributed by atoms with Crippen LogP contribution in [0.3, 0.4) is 0 Å². The standard InChI is InChI=1S/C70H60N4O/c1-45-27-39-62(71-43-45)73(51-33-29-49(30-34-51)69(3,4)5)53-37-38-56-59(41-53)54-23-15-16-24-55(54)66(64(56)48-21-13-10-14-22-48)67-58(47-19-11-9-12-20-47)42-60(65-57-25-17-18-26-61(57)75-68(65)67)74(63-40-28-46(2)44-72-63)52-35-31-50(32-36-52)70(6,7)8/h9-44H,1-8H3. The Hall–Kier alpha value is -8.80. The molecule has 0 bridgehead atoms. The molecule has 0 aliphatic rings. The molecule has 0 saturated heterocycles. The molecule has 0 amide bonds. The lowest BCUT2D eigenvalue weighted by Crippen LogP contribution is -2.14. The fourth-order valence-corrected chi connectivity index (χ4v) is 10.8. The third kappa shape index (κ3) is 8.58. The second-order valence-corrected chi connectivity index (χ2v) is 22.0. The summed E-state index contributed by atoms with van der Waals surface area (Å²) in [4.78, 5) is 14.8. The molecule has 12 aromatic rings. The van der Waals surface area contributed by atoms with Crippen LogP contribution >= 0.6 is 0 Å². The Bertz CT molecular complexity index is 4050. The summed E-state index contributed by atoms with van der Waals surface area (Å²) in [5.41, 5.74) is 16.9. The van der Waals surface area contributed by atoms with Gasteiger partial charge in [-0.2, -0.15) is 0 Å². The maximum Gasteiger partial charge on any atom is 0.146 e. The molecule has 0 N–H and O–H groups in total. The average Bonchev–Trinajstić information content (AvgIpc) is 3.85. The number of nitrogens with zero attached hydrogens (tertiary/aromatic N) is 4. The van der Waals surface area contributed by atoms with Gasteiger partial charge in [0, 0.05) is 46.0 Å². The van der Waals surface area contributed by atoms with Crippen molar-refractivity contribution in [2.45, 2.75) is 66.2 Å². The highest BCUT2D eigenvalue weighted by atomic mass is 16.3. The summed E-state index contributed by atoms with van der Waals surface area (Å²) in [5.74, 6) is 1.67. The molecular formula is C70H60N4O. The summed E-state index contributed by atoms with van der Waals surface area (Å²) in [6.07, 6.45) is 3.91. The number of aryl methyl sites for hydroxylation is 2. The summed E-state index contributed by atoms with van der Waals surface area (Å²) in [5, 5.41) is 6.58. The molecule has 5 nitrogen and oxygen atoms in total. The second-order valence-electron chi connectivity index (χ2n) is 22.0. The molecule has 0 fully saturated rings. The zero-order chi connectivity index (χ0) is 51.6. The molecule has 0 unspecified atom stereocenters. The van der Waals surface area contributed by atoms with Gasteiger partial charge in [0.05, 0.1) is 11.1 Å². The van der Waals surface area contributed by atoms with Gasteiger partial charge in [-0.25, -0.2) is 9.97 Å². The van der Waals surface area contributed by atoms with Gasteiger partial charge in [0.2, 0.25) is 0 Å². The van der Waals surface area contributed by atoms with Crippen LogP contribution in [-0.4, -0.2) is 9.97 Å². The van der Waals surface area contributed by atoms with E-state index in [1.807, 2.05) is 12.4 Å². The van der Waals surface area contributed by atoms with Crippen molar-refractivity contribution in [2.75, 3.05) is 9.80 Å². The topological polar surface area (TPSA) is 45.4 Å². The number of benzene rings is 9. The Kier molecular flexibility index (Phi) is 11.7. The van der Waals surface area contributed by atoms with Crippen LogP contribution in [0.5, 0.6) is 0 Å². The second kappa shape index (κ2) is 18.6. The van der Waals surface area contributed by atoms with E-state index in [1.54, 1.807) is 0 Å². The Morgan fingerprint density at radius 2 is 0.880 bits per heavy atom. The molecule has 0 aliphatic heterocycles. The average molecular weight is 973 g/mol. The first-order valence-corrected chi connectivity index (χ1v) is 26.0. The number of furan rings is 1. The summed E-state index contributed by atoms with van der Waals surface area (Å²) >= 11 is 0. The molecule has 0 spiro atoms. The predicted octanol–water partition coefficient (Wildman–Crippen LogP) is 19.8. The van der Waals surface area contributed by atoms with Crippen LogP contribution < -0.4 is 9.80 Å². The zero-order valence-corrected chi connectivity index (χ0v) is 44.0. The largest absolute Gasteiger partial charge is 0.455 e. The molecule has 12 rings (SSSR count). The van der Waals surface area contributed by atoms with E-state index >= 15 is 0 Å². The van der Waals surface area contributed by atoms with E-state index in [0.717, 1.165) is 122 Å². The number of anilines is 6. The molecule has 5 heteroatoms. The van der Waals surface area contributed by atoms with Gasteiger partial charge in [-0.3, -0.25) is 9.80 Å². The third-order valence-corrected chi connectivity index (χ3v) is 14.8. The Balaban J connectivity index is 1.20. The summed E-state index contributed by atoms with van der Waals surface area (Å²) < 4.78 is 7.42. The molecule has 366 valence electrons. The molecule has 9 aromatic carbocycles. The quantitative estimate of drug-likeness (QED) is 0.135. The monoisotopic (exact) mass is 972 g/mol. The van der Waals surface area contributed by atoms with Gasteiger partial charge in [0.15, 0.2) is 0 Å². The Morgan fingerprint density at radius 3 is 1.45 bits per heavy atom. The number of pyridine rings is 2. The first kappa shape index (κ1) is 47.2. The van der Waals surface area contributed by atoms with Crippen LogP contribution in [0.2, 0.25) is 0 Å². The SMILES string of the molecule is Cc1ccc(N(c2ccc(C(C)(C)C)cc2)c2ccc3c(-c4ccccc4)c(-c4c(-c5ccccc5)cc(N(c5ccc(C(C)(C)C)cc5)c5ccc(C)cn5)c5c4oc4ccccc45)c4ccccc4c3c2)nc1. The normalized spacial score (nSPS) is 12.0. The van der Waals surface area contributed by atoms with E-state index in [2.05, 4.69) is 271 Å². The number of fused-ring (bicyclic) bond motifs is 6. The van der Waals surface area contributed by atoms with Crippen molar-refractivity contribution < 1.29 is 4.42 Å². The lowest BCUT2D eigenvalue weighted by atomic mass is 9.81. The highest BCUT2D eigenvalue weighted by molar-refractivity contribution is 6.28. The molecule has 0 atom stereocenters. The van der Waals surface area contributed by atoms with Gasteiger partial charge < -0.3 is 4.42 Å². The summed E-state index contributed by atoms with van der Waals surface area (Å²) in [6.45, 7) is 17.7. The molecule has 3 aromatic heterocycles. The van der Waals surface area contributed by atoms with Crippen LogP contribution in [0.1, 0.15) is 63.8 Å². The van der Waals surface area contributed by atoms with E-state index in [0.29, 0.717) is 0 Å². The van der Waals surface area contributed by atoms with Gasteiger partial charge in [-0.15, -0.1) is 0 Å². The zero-order valence-electron chi connectivity index (χ0n) is 44.0. The highest BCUT2D eigenvalue weighted by Gasteiger charge is 2.30. The first-order chi connectivity index (χ1) is 36.3. The van der Waals surface area contributed by atoms with Gasteiger partial charge in [-0.1, -0.05) is 187 Å². The minimum absolute atomic E-state index is 0.0155. The van der Waals surface area contributed by atoms with Crippen LogP contribution in [-0.2, 0) is 10.8 Å². The predicted molar refractivity (Wildman–Crippen MR) is 317 cm³/mol. The molecular weight excluding hydrogens is 913 g/mol. The van der Waals surface area contributed by atoms with E-state index in [1.165, 1.54) is 11.1 Å². The van der Waals surface area contributed by atoms with Crippen LogP contribution in [0.4, 0.5) is 34.4 Å². The van der Waals surface area contributed by atoms with Gasteiger partial charge in [-0.05, 0) is 151 Å². The van der Waals surface area contributed by atoms with Crippen molar-refractivity contribution in [3.8, 4) is 33.4 Å². The maximum atomic E-state index is 7.42. The fraction of sp³-hybridized carbons (Fsp3) is 0.143. The van der Waals surface area contributed by atoms with E-state index in [-0.39, 0.29) is 10.8 Å². The molecule has 0 aliphatic carbocycles. The van der Waals surface area contributed by atoms with E-state index in [9.17, 15) is 0 Å². The fourth-order valence-electron chi connectivity index (χ4n) is 10.8. The van der Waals surface area contributed by atoms with Crippen molar-refractivity contribution in [3.05, 3.63) is 241 Å². The minimum atomic E-state index is -0.0155. The number of para-hydroxylation sites is 1. The highest BCUT2D eigenvalue weighted by Crippen LogP contribution is 2.55. The lowest BCUT2D eigenvalue weighted by molar-refractivity contribution is 0.590. The van der Waals surface area contributed by atoms with Crippen LogP contribution in [0.25, 0.3) is 76.9 Å². The lowest BCUT2D eigenvalue weighted by Gasteiger charge is -2.29. The van der Waals surface area contributed by atoms with Crippen molar-refractivity contribution in [3.63, 3.8) is 0 Å². The smallest absolute Gasteiger partial charge is 0.146 e. The first-order valence-electron chi connectivity index (χ1n) is 26.0. The summed E-state index contributed by atoms with van der Waals surface area (Å²) in [7, 11) is 0. The maximum absolute atomic E-state index is 7.42. The van der Waals surface area contributed by atoms with Gasteiger partial charge in [0.1, 0.15) is 22.8 Å². The Labute approximate surface area is 440 Å². The molecule has 75 heavy (non-hydrogen) atoms. The number of hydrogen-bond donors (Lipinski definition) is 0. The van der Waals surface area contributed by atoms with Crippen molar-refractivity contribution in [1.82, 2.24) is 9.97 Å². The van der Waals surface area contributed by atoms with Crippen molar-refractivity contribution in [2.24, 2.45) is 0 Å². The number of rotatable bonds is 9. The van der Waals surface area contributed by atoms with Crippen molar-refractivity contribution >= 4 is 77.9 Å². The molecule has 3 heterocycles. The molecule has 0 saturated carbocycles.